The van der Waals surface area contributed by atoms with Gasteiger partial charge >= 0.3 is 0 Å². The van der Waals surface area contributed by atoms with E-state index in [1.807, 2.05) is 0 Å². The highest BCUT2D eigenvalue weighted by atomic mass is 16.5. The largest absolute Gasteiger partial charge is 0.377 e. The normalized spacial score (nSPS) is 44.4. The van der Waals surface area contributed by atoms with Gasteiger partial charge in [0.1, 0.15) is 0 Å². The molecule has 3 aliphatic rings. The number of likely N-dealkylation sites (N-methyl/N-ethyl adjacent to an activating group) is 1. The van der Waals surface area contributed by atoms with Gasteiger partial charge in [-0.25, -0.2) is 0 Å². The molecule has 0 aromatic heterocycles. The minimum atomic E-state index is -0.0701. The van der Waals surface area contributed by atoms with Crippen molar-refractivity contribution in [3.63, 3.8) is 0 Å². The standard InChI is InChI=1S/C16H31N3O/c1-15(2)14-13(6-5-9-20-14)16(15,17)11-19-8-7-12(10-19)18(3)4/h12-14H,5-11,17H2,1-4H3. The summed E-state index contributed by atoms with van der Waals surface area (Å²) in [6.07, 6.45) is 4.08. The van der Waals surface area contributed by atoms with Crippen LogP contribution in [0.5, 0.6) is 0 Å². The maximum atomic E-state index is 6.90. The Kier molecular flexibility index (Phi) is 3.65. The fourth-order valence-corrected chi connectivity index (χ4v) is 4.73. The Morgan fingerprint density at radius 1 is 1.30 bits per heavy atom. The van der Waals surface area contributed by atoms with E-state index in [0.29, 0.717) is 18.1 Å². The summed E-state index contributed by atoms with van der Waals surface area (Å²) in [5.74, 6) is 0.560. The fraction of sp³-hybridized carbons (Fsp3) is 1.00. The van der Waals surface area contributed by atoms with E-state index in [4.69, 9.17) is 10.5 Å². The zero-order valence-corrected chi connectivity index (χ0v) is 13.6. The lowest BCUT2D eigenvalue weighted by Crippen LogP contribution is -2.80. The Bertz CT molecular complexity index is 371. The van der Waals surface area contributed by atoms with Crippen molar-refractivity contribution in [3.8, 4) is 0 Å². The minimum absolute atomic E-state index is 0.0701. The van der Waals surface area contributed by atoms with E-state index in [1.54, 1.807) is 0 Å². The molecule has 0 aromatic rings. The molecule has 0 spiro atoms. The highest BCUT2D eigenvalue weighted by Crippen LogP contribution is 2.57. The van der Waals surface area contributed by atoms with Crippen LogP contribution < -0.4 is 5.73 Å². The number of fused-ring (bicyclic) bond motifs is 1. The maximum absolute atomic E-state index is 6.90. The van der Waals surface area contributed by atoms with Gasteiger partial charge in [-0.2, -0.15) is 0 Å². The van der Waals surface area contributed by atoms with Gasteiger partial charge in [0, 0.05) is 42.6 Å². The molecule has 2 heterocycles. The summed E-state index contributed by atoms with van der Waals surface area (Å²) in [7, 11) is 4.37. The summed E-state index contributed by atoms with van der Waals surface area (Å²) in [6.45, 7) is 8.93. The van der Waals surface area contributed by atoms with Crippen LogP contribution in [-0.4, -0.2) is 67.8 Å². The summed E-state index contributed by atoms with van der Waals surface area (Å²) >= 11 is 0. The average Bonchev–Trinajstić information content (AvgIpc) is 2.87. The summed E-state index contributed by atoms with van der Waals surface area (Å²) in [6, 6.07) is 0.695. The molecular weight excluding hydrogens is 250 g/mol. The Balaban J connectivity index is 1.67. The molecule has 0 bridgehead atoms. The molecule has 3 rings (SSSR count). The minimum Gasteiger partial charge on any atom is -0.377 e. The van der Waals surface area contributed by atoms with Crippen LogP contribution in [0.4, 0.5) is 0 Å². The van der Waals surface area contributed by atoms with E-state index in [-0.39, 0.29) is 11.0 Å². The van der Waals surface area contributed by atoms with Gasteiger partial charge in [0.25, 0.3) is 0 Å². The van der Waals surface area contributed by atoms with Crippen LogP contribution in [0.3, 0.4) is 0 Å². The van der Waals surface area contributed by atoms with Crippen molar-refractivity contribution in [3.05, 3.63) is 0 Å². The van der Waals surface area contributed by atoms with Crippen molar-refractivity contribution < 1.29 is 4.74 Å². The Hall–Kier alpha value is -0.160. The molecule has 0 aromatic carbocycles. The number of hydrogen-bond donors (Lipinski definition) is 1. The fourth-order valence-electron chi connectivity index (χ4n) is 4.73. The number of rotatable bonds is 3. The van der Waals surface area contributed by atoms with Gasteiger partial charge in [0.2, 0.25) is 0 Å². The highest BCUT2D eigenvalue weighted by molar-refractivity contribution is 5.21. The number of hydrogen-bond acceptors (Lipinski definition) is 4. The lowest BCUT2D eigenvalue weighted by molar-refractivity contribution is -0.231. The molecule has 4 atom stereocenters. The molecule has 4 heteroatoms. The zero-order valence-electron chi connectivity index (χ0n) is 13.6. The van der Waals surface area contributed by atoms with Gasteiger partial charge in [0.15, 0.2) is 0 Å². The summed E-state index contributed by atoms with van der Waals surface area (Å²) < 4.78 is 6.00. The van der Waals surface area contributed by atoms with Gasteiger partial charge < -0.3 is 15.4 Å². The number of nitrogens with zero attached hydrogens (tertiary/aromatic N) is 2. The van der Waals surface area contributed by atoms with Gasteiger partial charge in [-0.15, -0.1) is 0 Å². The molecule has 2 aliphatic heterocycles. The number of nitrogens with two attached hydrogens (primary N) is 1. The van der Waals surface area contributed by atoms with Crippen molar-refractivity contribution in [1.82, 2.24) is 9.80 Å². The van der Waals surface area contributed by atoms with Gasteiger partial charge in [-0.05, 0) is 39.9 Å². The van der Waals surface area contributed by atoms with Crippen LogP contribution in [0.25, 0.3) is 0 Å². The second kappa shape index (κ2) is 4.94. The molecular formula is C16H31N3O. The average molecular weight is 281 g/mol. The number of ether oxygens (including phenoxy) is 1. The smallest absolute Gasteiger partial charge is 0.0690 e. The van der Waals surface area contributed by atoms with Crippen LogP contribution in [0.15, 0.2) is 0 Å². The van der Waals surface area contributed by atoms with Crippen LogP contribution in [-0.2, 0) is 4.74 Å². The molecule has 2 saturated heterocycles. The second-order valence-electron chi connectivity index (χ2n) is 7.94. The highest BCUT2D eigenvalue weighted by Gasteiger charge is 2.66. The molecule has 20 heavy (non-hydrogen) atoms. The van der Waals surface area contributed by atoms with Crippen molar-refractivity contribution in [1.29, 1.82) is 0 Å². The lowest BCUT2D eigenvalue weighted by atomic mass is 9.46. The van der Waals surface area contributed by atoms with E-state index in [0.717, 1.165) is 13.2 Å². The second-order valence-corrected chi connectivity index (χ2v) is 7.94. The SMILES string of the molecule is CN(C)C1CCN(CC2(N)C3CCCOC3C2(C)C)C1. The van der Waals surface area contributed by atoms with Crippen molar-refractivity contribution in [2.45, 2.75) is 50.8 Å². The molecule has 3 fully saturated rings. The van der Waals surface area contributed by atoms with Crippen molar-refractivity contribution >= 4 is 0 Å². The van der Waals surface area contributed by atoms with Crippen LogP contribution >= 0.6 is 0 Å². The van der Waals surface area contributed by atoms with Gasteiger partial charge in [-0.3, -0.25) is 4.90 Å². The third-order valence-corrected chi connectivity index (χ3v) is 6.36. The Morgan fingerprint density at radius 3 is 2.70 bits per heavy atom. The quantitative estimate of drug-likeness (QED) is 0.843. The Labute approximate surface area is 123 Å². The third-order valence-electron chi connectivity index (χ3n) is 6.36. The zero-order chi connectivity index (χ0) is 14.5. The molecule has 1 aliphatic carbocycles. The van der Waals surface area contributed by atoms with Crippen molar-refractivity contribution in [2.75, 3.05) is 40.3 Å². The topological polar surface area (TPSA) is 41.7 Å². The molecule has 4 nitrogen and oxygen atoms in total. The van der Waals surface area contributed by atoms with E-state index < -0.39 is 0 Å². The monoisotopic (exact) mass is 281 g/mol. The molecule has 0 amide bonds. The summed E-state index contributed by atoms with van der Waals surface area (Å²) in [5.41, 5.74) is 6.94. The maximum Gasteiger partial charge on any atom is 0.0690 e. The van der Waals surface area contributed by atoms with Gasteiger partial charge in [-0.1, -0.05) is 13.8 Å². The first-order chi connectivity index (χ1) is 9.36. The molecule has 0 radical (unpaired) electrons. The predicted molar refractivity (Wildman–Crippen MR) is 81.7 cm³/mol. The lowest BCUT2D eigenvalue weighted by Gasteiger charge is -2.67. The number of likely N-dealkylation sites (tertiary alicyclic amines) is 1. The van der Waals surface area contributed by atoms with E-state index in [1.165, 1.54) is 32.4 Å². The predicted octanol–water partition coefficient (Wildman–Crippen LogP) is 1.15. The first-order valence-electron chi connectivity index (χ1n) is 8.15. The van der Waals surface area contributed by atoms with E-state index >= 15 is 0 Å². The molecule has 1 saturated carbocycles. The van der Waals surface area contributed by atoms with Crippen molar-refractivity contribution in [2.24, 2.45) is 17.1 Å². The molecule has 116 valence electrons. The first-order valence-corrected chi connectivity index (χ1v) is 8.15. The van der Waals surface area contributed by atoms with Crippen LogP contribution in [0.2, 0.25) is 0 Å². The Morgan fingerprint density at radius 2 is 2.05 bits per heavy atom. The van der Waals surface area contributed by atoms with E-state index in [2.05, 4.69) is 37.7 Å². The van der Waals surface area contributed by atoms with Gasteiger partial charge in [0.05, 0.1) is 6.10 Å². The van der Waals surface area contributed by atoms with E-state index in [9.17, 15) is 0 Å². The molecule has 2 N–H and O–H groups in total. The third kappa shape index (κ3) is 2.04. The summed E-state index contributed by atoms with van der Waals surface area (Å²) in [5, 5.41) is 0. The van der Waals surface area contributed by atoms with Crippen LogP contribution in [0.1, 0.15) is 33.1 Å². The van der Waals surface area contributed by atoms with Crippen LogP contribution in [0, 0.1) is 11.3 Å². The first kappa shape index (κ1) is 14.8. The summed E-state index contributed by atoms with van der Waals surface area (Å²) in [4.78, 5) is 4.93. The molecule has 4 unspecified atom stereocenters.